The first-order valence-electron chi connectivity index (χ1n) is 8.59. The van der Waals surface area contributed by atoms with E-state index >= 15 is 0 Å². The molecule has 0 spiro atoms. The maximum absolute atomic E-state index is 5.44. The second-order valence-corrected chi connectivity index (χ2v) is 6.61. The van der Waals surface area contributed by atoms with Crippen molar-refractivity contribution in [1.29, 1.82) is 0 Å². The van der Waals surface area contributed by atoms with Crippen molar-refractivity contribution in [3.63, 3.8) is 0 Å². The van der Waals surface area contributed by atoms with Gasteiger partial charge in [-0.3, -0.25) is 0 Å². The van der Waals surface area contributed by atoms with Crippen LogP contribution in [-0.4, -0.2) is 54.1 Å². The molecule has 0 N–H and O–H groups in total. The van der Waals surface area contributed by atoms with Crippen molar-refractivity contribution in [1.82, 2.24) is 15.1 Å². The first-order chi connectivity index (χ1) is 11.9. The number of hydrogen-bond donors (Lipinski definition) is 0. The number of piperidine rings is 1. The lowest BCUT2D eigenvalue weighted by atomic mass is 10.1. The molecular weight excluding hydrogens is 304 g/mol. The lowest BCUT2D eigenvalue weighted by Gasteiger charge is -2.31. The first-order valence-corrected chi connectivity index (χ1v) is 8.59. The summed E-state index contributed by atoms with van der Waals surface area (Å²) in [7, 11) is 0. The Morgan fingerprint density at radius 1 is 0.875 bits per heavy atom. The van der Waals surface area contributed by atoms with Crippen LogP contribution in [0.4, 0.5) is 5.82 Å². The molecule has 1 aromatic carbocycles. The van der Waals surface area contributed by atoms with Crippen molar-refractivity contribution >= 4 is 5.82 Å². The summed E-state index contributed by atoms with van der Waals surface area (Å²) >= 11 is 0. The second kappa shape index (κ2) is 5.63. The van der Waals surface area contributed by atoms with Gasteiger partial charge in [-0.2, -0.15) is 0 Å². The van der Waals surface area contributed by atoms with E-state index in [1.54, 1.807) is 0 Å². The van der Waals surface area contributed by atoms with Crippen LogP contribution in [-0.2, 0) is 0 Å². The predicted molar refractivity (Wildman–Crippen MR) is 90.4 cm³/mol. The minimum Gasteiger partial charge on any atom is -0.454 e. The van der Waals surface area contributed by atoms with E-state index < -0.39 is 0 Å². The predicted octanol–water partition coefficient (Wildman–Crippen LogP) is 2.16. The molecule has 3 saturated heterocycles. The number of rotatable bonds is 2. The van der Waals surface area contributed by atoms with E-state index in [1.807, 2.05) is 18.2 Å². The fourth-order valence-corrected chi connectivity index (χ4v) is 3.88. The minimum atomic E-state index is 0.288. The summed E-state index contributed by atoms with van der Waals surface area (Å²) in [6.07, 6.45) is 2.46. The maximum atomic E-state index is 5.44. The second-order valence-electron chi connectivity index (χ2n) is 6.61. The molecular formula is C18H20N4O2. The van der Waals surface area contributed by atoms with Crippen molar-refractivity contribution in [2.75, 3.05) is 37.9 Å². The maximum Gasteiger partial charge on any atom is 0.231 e. The van der Waals surface area contributed by atoms with Gasteiger partial charge in [-0.05, 0) is 43.2 Å². The largest absolute Gasteiger partial charge is 0.454 e. The van der Waals surface area contributed by atoms with Crippen molar-refractivity contribution in [3.8, 4) is 22.8 Å². The lowest BCUT2D eigenvalue weighted by molar-refractivity contribution is 0.174. The zero-order chi connectivity index (χ0) is 15.9. The van der Waals surface area contributed by atoms with E-state index in [2.05, 4.69) is 32.1 Å². The summed E-state index contributed by atoms with van der Waals surface area (Å²) in [4.78, 5) is 4.98. The monoisotopic (exact) mass is 324 g/mol. The van der Waals surface area contributed by atoms with Gasteiger partial charge in [0.1, 0.15) is 0 Å². The van der Waals surface area contributed by atoms with Gasteiger partial charge < -0.3 is 19.3 Å². The first kappa shape index (κ1) is 14.0. The average molecular weight is 324 g/mol. The Balaban J connectivity index is 1.41. The van der Waals surface area contributed by atoms with Gasteiger partial charge in [0.2, 0.25) is 6.79 Å². The highest BCUT2D eigenvalue weighted by molar-refractivity contribution is 5.64. The fourth-order valence-electron chi connectivity index (χ4n) is 3.88. The number of benzene rings is 1. The van der Waals surface area contributed by atoms with Crippen LogP contribution in [0.5, 0.6) is 11.5 Å². The Labute approximate surface area is 141 Å². The van der Waals surface area contributed by atoms with Gasteiger partial charge in [0.25, 0.3) is 0 Å². The van der Waals surface area contributed by atoms with Crippen LogP contribution in [0, 0.1) is 0 Å². The molecule has 0 aliphatic carbocycles. The zero-order valence-corrected chi connectivity index (χ0v) is 13.5. The number of ether oxygens (including phenoxy) is 2. The Morgan fingerprint density at radius 3 is 2.58 bits per heavy atom. The molecule has 6 rings (SSSR count). The van der Waals surface area contributed by atoms with Crippen LogP contribution in [0.2, 0.25) is 0 Å². The van der Waals surface area contributed by atoms with Gasteiger partial charge in [-0.25, -0.2) is 0 Å². The fraction of sp³-hybridized carbons (Fsp3) is 0.444. The molecule has 0 radical (unpaired) electrons. The number of aromatic nitrogens is 2. The van der Waals surface area contributed by atoms with Gasteiger partial charge >= 0.3 is 0 Å². The van der Waals surface area contributed by atoms with Gasteiger partial charge in [0.05, 0.1) is 5.69 Å². The van der Waals surface area contributed by atoms with Gasteiger partial charge in [-0.1, -0.05) is 0 Å². The number of hydrogen-bond acceptors (Lipinski definition) is 6. The SMILES string of the molecule is c1cc2c(cc1-c1ccc(N3CCN4CCC3CC4)nn1)OCO2. The van der Waals surface area contributed by atoms with Crippen LogP contribution in [0.15, 0.2) is 30.3 Å². The van der Waals surface area contributed by atoms with Crippen LogP contribution in [0.3, 0.4) is 0 Å². The zero-order valence-electron chi connectivity index (χ0n) is 13.5. The molecule has 1 aromatic heterocycles. The summed E-state index contributed by atoms with van der Waals surface area (Å²) in [6, 6.07) is 10.6. The van der Waals surface area contributed by atoms with Gasteiger partial charge in [0.15, 0.2) is 17.3 Å². The highest BCUT2D eigenvalue weighted by Crippen LogP contribution is 2.35. The molecule has 4 aliphatic rings. The van der Waals surface area contributed by atoms with E-state index in [0.29, 0.717) is 6.04 Å². The van der Waals surface area contributed by atoms with Crippen LogP contribution in [0.25, 0.3) is 11.3 Å². The molecule has 3 fully saturated rings. The van der Waals surface area contributed by atoms with Crippen LogP contribution in [0.1, 0.15) is 12.8 Å². The Bertz CT molecular complexity index is 741. The lowest BCUT2D eigenvalue weighted by Crippen LogP contribution is -2.38. The summed E-state index contributed by atoms with van der Waals surface area (Å²) in [5.41, 5.74) is 1.86. The normalized spacial score (nSPS) is 24.9. The quantitative estimate of drug-likeness (QED) is 0.844. The molecule has 0 amide bonds. The third-order valence-electron chi connectivity index (χ3n) is 5.27. The van der Waals surface area contributed by atoms with E-state index in [-0.39, 0.29) is 6.79 Å². The highest BCUT2D eigenvalue weighted by atomic mass is 16.7. The van der Waals surface area contributed by atoms with E-state index in [9.17, 15) is 0 Å². The van der Waals surface area contributed by atoms with E-state index in [4.69, 9.17) is 9.47 Å². The molecule has 0 saturated carbocycles. The molecule has 5 heterocycles. The number of nitrogens with zero attached hydrogens (tertiary/aromatic N) is 4. The van der Waals surface area contributed by atoms with Gasteiger partial charge in [0, 0.05) is 37.8 Å². The summed E-state index contributed by atoms with van der Waals surface area (Å²) in [5, 5.41) is 8.98. The van der Waals surface area contributed by atoms with Crippen LogP contribution < -0.4 is 14.4 Å². The van der Waals surface area contributed by atoms with Crippen molar-refractivity contribution in [2.45, 2.75) is 18.9 Å². The minimum absolute atomic E-state index is 0.288. The van der Waals surface area contributed by atoms with Crippen molar-refractivity contribution in [3.05, 3.63) is 30.3 Å². The average Bonchev–Trinajstić information content (AvgIpc) is 2.91. The molecule has 6 nitrogen and oxygen atoms in total. The van der Waals surface area contributed by atoms with Crippen molar-refractivity contribution < 1.29 is 9.47 Å². The number of anilines is 1. The molecule has 2 aromatic rings. The van der Waals surface area contributed by atoms with Gasteiger partial charge in [-0.15, -0.1) is 10.2 Å². The molecule has 4 aliphatic heterocycles. The Kier molecular flexibility index (Phi) is 3.29. The molecule has 24 heavy (non-hydrogen) atoms. The highest BCUT2D eigenvalue weighted by Gasteiger charge is 2.29. The Morgan fingerprint density at radius 2 is 1.75 bits per heavy atom. The standard InChI is InChI=1S/C18H20N4O2/c1-3-16-17(24-12-23-16)11-13(1)15-2-4-18(20-19-15)22-10-9-21-7-5-14(22)6-8-21/h1-4,11,14H,5-10,12H2. The molecule has 6 heteroatoms. The third-order valence-corrected chi connectivity index (χ3v) is 5.27. The number of fused-ring (bicyclic) bond motifs is 5. The topological polar surface area (TPSA) is 50.7 Å². The Hall–Kier alpha value is -2.34. The summed E-state index contributed by atoms with van der Waals surface area (Å²) < 4.78 is 10.8. The summed E-state index contributed by atoms with van der Waals surface area (Å²) in [5.74, 6) is 2.56. The van der Waals surface area contributed by atoms with Crippen molar-refractivity contribution in [2.24, 2.45) is 0 Å². The molecule has 0 atom stereocenters. The smallest absolute Gasteiger partial charge is 0.231 e. The third kappa shape index (κ3) is 2.38. The summed E-state index contributed by atoms with van der Waals surface area (Å²) in [6.45, 7) is 4.88. The molecule has 2 bridgehead atoms. The van der Waals surface area contributed by atoms with E-state index in [0.717, 1.165) is 41.7 Å². The molecule has 124 valence electrons. The van der Waals surface area contributed by atoms with E-state index in [1.165, 1.54) is 25.9 Å². The molecule has 0 unspecified atom stereocenters. The van der Waals surface area contributed by atoms with Crippen LogP contribution >= 0.6 is 0 Å².